The van der Waals surface area contributed by atoms with Gasteiger partial charge in [0.2, 0.25) is 0 Å². The van der Waals surface area contributed by atoms with E-state index < -0.39 is 41.6 Å². The summed E-state index contributed by atoms with van der Waals surface area (Å²) in [6.45, 7) is 2.95. The van der Waals surface area contributed by atoms with Gasteiger partial charge in [0.1, 0.15) is 11.7 Å². The number of carbonyl (C=O) groups excluding carboxylic acids is 6. The molecule has 1 aliphatic rings. The summed E-state index contributed by atoms with van der Waals surface area (Å²) in [5, 5.41) is 5.42. The number of ether oxygens (including phenoxy) is 3. The quantitative estimate of drug-likeness (QED) is 0.0932. The number of amides is 4. The van der Waals surface area contributed by atoms with Crippen LogP contribution in [0.4, 0.5) is 5.69 Å². The van der Waals surface area contributed by atoms with Crippen molar-refractivity contribution in [3.63, 3.8) is 0 Å². The van der Waals surface area contributed by atoms with Crippen molar-refractivity contribution in [1.29, 1.82) is 0 Å². The first-order chi connectivity index (χ1) is 24.1. The molecule has 0 spiro atoms. The molecule has 254 valence electrons. The molecule has 0 saturated heterocycles. The van der Waals surface area contributed by atoms with Crippen LogP contribution in [0.1, 0.15) is 56.0 Å². The van der Waals surface area contributed by atoms with Gasteiger partial charge < -0.3 is 24.8 Å². The molecule has 4 aromatic carbocycles. The van der Waals surface area contributed by atoms with Crippen LogP contribution < -0.4 is 20.1 Å². The predicted octanol–water partition coefficient (Wildman–Crippen LogP) is 4.80. The number of imide groups is 1. The molecule has 4 amide bonds. The number of esters is 2. The summed E-state index contributed by atoms with van der Waals surface area (Å²) in [6, 6.07) is 24.6. The molecule has 0 bridgehead atoms. The smallest absolute Gasteiger partial charge is 0.329 e. The Balaban J connectivity index is 1.37. The van der Waals surface area contributed by atoms with Crippen molar-refractivity contribution in [3.8, 4) is 11.5 Å². The van der Waals surface area contributed by atoms with Crippen LogP contribution in [0.2, 0.25) is 0 Å². The summed E-state index contributed by atoms with van der Waals surface area (Å²) in [6.07, 6.45) is 1.42. The van der Waals surface area contributed by atoms with Crippen LogP contribution in [0.25, 0.3) is 6.08 Å². The lowest BCUT2D eigenvalue weighted by Crippen LogP contribution is -2.47. The molecule has 50 heavy (non-hydrogen) atoms. The van der Waals surface area contributed by atoms with Crippen LogP contribution in [0.3, 0.4) is 0 Å². The van der Waals surface area contributed by atoms with E-state index in [0.29, 0.717) is 22.4 Å². The number of fused-ring (bicyclic) bond motifs is 1. The van der Waals surface area contributed by atoms with E-state index in [1.165, 1.54) is 38.3 Å². The standard InChI is InChI=1S/C38H33N3O9/c1-4-49-38(47)31(41-36(45)28-12-8-9-13-29(28)37(41)46)21-24-14-17-27(18-15-24)39-35(44)30(40-34(43)26-10-6-5-7-11-26)20-25-16-19-32(50-23(2)42)33(22-25)48-3/h5-20,22,31H,4,21H2,1-3H3,(H,39,44)(H,40,43)/b30-20-/t31-/m0/s1. The second kappa shape index (κ2) is 15.6. The van der Waals surface area contributed by atoms with Crippen molar-refractivity contribution in [2.45, 2.75) is 26.3 Å². The molecular formula is C38H33N3O9. The number of nitrogens with one attached hydrogen (secondary N) is 2. The summed E-state index contributed by atoms with van der Waals surface area (Å²) in [5.41, 5.74) is 2.06. The summed E-state index contributed by atoms with van der Waals surface area (Å²) < 4.78 is 15.7. The van der Waals surface area contributed by atoms with Crippen molar-refractivity contribution in [3.05, 3.63) is 131 Å². The van der Waals surface area contributed by atoms with Crippen LogP contribution in [-0.4, -0.2) is 60.2 Å². The van der Waals surface area contributed by atoms with E-state index in [-0.39, 0.29) is 41.4 Å². The molecule has 0 saturated carbocycles. The van der Waals surface area contributed by atoms with Gasteiger partial charge in [0.05, 0.1) is 24.8 Å². The van der Waals surface area contributed by atoms with E-state index in [2.05, 4.69) is 10.6 Å². The average molecular weight is 676 g/mol. The van der Waals surface area contributed by atoms with Gasteiger partial charge in [0.25, 0.3) is 23.6 Å². The van der Waals surface area contributed by atoms with Gasteiger partial charge in [-0.15, -0.1) is 0 Å². The third-order valence-electron chi connectivity index (χ3n) is 7.62. The molecule has 1 aliphatic heterocycles. The van der Waals surface area contributed by atoms with Gasteiger partial charge in [0.15, 0.2) is 11.5 Å². The van der Waals surface area contributed by atoms with Crippen LogP contribution in [-0.2, 0) is 25.5 Å². The number of benzene rings is 4. The summed E-state index contributed by atoms with van der Waals surface area (Å²) in [4.78, 5) is 78.4. The molecule has 0 unspecified atom stereocenters. The van der Waals surface area contributed by atoms with Crippen LogP contribution >= 0.6 is 0 Å². The molecule has 0 aromatic heterocycles. The SMILES string of the molecule is CCOC(=O)[C@H](Cc1ccc(NC(=O)/C(=C/c2ccc(OC(C)=O)c(OC)c2)NC(=O)c2ccccc2)cc1)N1C(=O)c2ccccc2C1=O. The predicted molar refractivity (Wildman–Crippen MR) is 182 cm³/mol. The molecule has 1 atom stereocenters. The molecule has 12 nitrogen and oxygen atoms in total. The van der Waals surface area contributed by atoms with Gasteiger partial charge in [-0.05, 0) is 72.7 Å². The molecule has 0 radical (unpaired) electrons. The van der Waals surface area contributed by atoms with Crippen molar-refractivity contribution >= 4 is 47.3 Å². The lowest BCUT2D eigenvalue weighted by molar-refractivity contribution is -0.147. The minimum atomic E-state index is -1.21. The molecule has 0 aliphatic carbocycles. The minimum Gasteiger partial charge on any atom is -0.493 e. The van der Waals surface area contributed by atoms with Crippen molar-refractivity contribution in [2.24, 2.45) is 0 Å². The van der Waals surface area contributed by atoms with Gasteiger partial charge in [0, 0.05) is 24.6 Å². The maximum Gasteiger partial charge on any atom is 0.329 e. The van der Waals surface area contributed by atoms with Gasteiger partial charge in [-0.25, -0.2) is 4.79 Å². The highest BCUT2D eigenvalue weighted by Crippen LogP contribution is 2.30. The number of hydrogen-bond acceptors (Lipinski definition) is 9. The lowest BCUT2D eigenvalue weighted by atomic mass is 10.0. The Labute approximate surface area is 287 Å². The van der Waals surface area contributed by atoms with E-state index in [4.69, 9.17) is 14.2 Å². The summed E-state index contributed by atoms with van der Waals surface area (Å²) in [7, 11) is 1.40. The zero-order valence-corrected chi connectivity index (χ0v) is 27.4. The molecule has 12 heteroatoms. The lowest BCUT2D eigenvalue weighted by Gasteiger charge is -2.24. The number of anilines is 1. The Morgan fingerprint density at radius 1 is 0.820 bits per heavy atom. The maximum absolute atomic E-state index is 13.6. The minimum absolute atomic E-state index is 0.0258. The first kappa shape index (κ1) is 34.8. The Hall–Kier alpha value is -6.56. The molecule has 2 N–H and O–H groups in total. The Morgan fingerprint density at radius 3 is 2.06 bits per heavy atom. The van der Waals surface area contributed by atoms with E-state index in [9.17, 15) is 28.8 Å². The Bertz CT molecular complexity index is 1950. The Kier molecular flexibility index (Phi) is 10.8. The normalized spacial score (nSPS) is 12.9. The van der Waals surface area contributed by atoms with E-state index in [1.54, 1.807) is 85.8 Å². The largest absolute Gasteiger partial charge is 0.493 e. The molecular weight excluding hydrogens is 642 g/mol. The van der Waals surface area contributed by atoms with Gasteiger partial charge in [-0.2, -0.15) is 0 Å². The maximum atomic E-state index is 13.6. The van der Waals surface area contributed by atoms with Crippen molar-refractivity contribution < 1.29 is 43.0 Å². The number of carbonyl (C=O) groups is 6. The Morgan fingerprint density at radius 2 is 1.46 bits per heavy atom. The molecule has 5 rings (SSSR count). The van der Waals surface area contributed by atoms with Crippen LogP contribution in [0.15, 0.2) is 103 Å². The third kappa shape index (κ3) is 7.93. The highest BCUT2D eigenvalue weighted by atomic mass is 16.6. The van der Waals surface area contributed by atoms with E-state index in [0.717, 1.165) is 4.90 Å². The zero-order chi connectivity index (χ0) is 35.8. The van der Waals surface area contributed by atoms with E-state index >= 15 is 0 Å². The van der Waals surface area contributed by atoms with Crippen molar-refractivity contribution in [2.75, 3.05) is 19.0 Å². The fraction of sp³-hybridized carbons (Fsp3) is 0.158. The van der Waals surface area contributed by atoms with Crippen LogP contribution in [0.5, 0.6) is 11.5 Å². The van der Waals surface area contributed by atoms with Gasteiger partial charge >= 0.3 is 11.9 Å². The van der Waals surface area contributed by atoms with Crippen LogP contribution in [0, 0.1) is 0 Å². The second-order valence-corrected chi connectivity index (χ2v) is 11.0. The highest BCUT2D eigenvalue weighted by molar-refractivity contribution is 6.22. The monoisotopic (exact) mass is 675 g/mol. The van der Waals surface area contributed by atoms with Crippen molar-refractivity contribution in [1.82, 2.24) is 10.2 Å². The first-order valence-corrected chi connectivity index (χ1v) is 15.6. The fourth-order valence-corrected chi connectivity index (χ4v) is 5.28. The van der Waals surface area contributed by atoms with Gasteiger partial charge in [-0.1, -0.05) is 48.5 Å². The summed E-state index contributed by atoms with van der Waals surface area (Å²) in [5.74, 6) is -3.17. The molecule has 1 heterocycles. The average Bonchev–Trinajstić information content (AvgIpc) is 3.37. The second-order valence-electron chi connectivity index (χ2n) is 11.0. The fourth-order valence-electron chi connectivity index (χ4n) is 5.28. The third-order valence-corrected chi connectivity index (χ3v) is 7.62. The summed E-state index contributed by atoms with van der Waals surface area (Å²) >= 11 is 0. The first-order valence-electron chi connectivity index (χ1n) is 15.6. The topological polar surface area (TPSA) is 157 Å². The molecule has 4 aromatic rings. The van der Waals surface area contributed by atoms with E-state index in [1.807, 2.05) is 0 Å². The molecule has 0 fully saturated rings. The zero-order valence-electron chi connectivity index (χ0n) is 27.4. The number of methoxy groups -OCH3 is 1. The number of nitrogens with zero attached hydrogens (tertiary/aromatic N) is 1. The highest BCUT2D eigenvalue weighted by Gasteiger charge is 2.43. The van der Waals surface area contributed by atoms with Gasteiger partial charge in [-0.3, -0.25) is 28.9 Å². The number of rotatable bonds is 12. The number of hydrogen-bond donors (Lipinski definition) is 2.